The van der Waals surface area contributed by atoms with Gasteiger partial charge < -0.3 is 14.6 Å². The summed E-state index contributed by atoms with van der Waals surface area (Å²) in [7, 11) is 0. The second kappa shape index (κ2) is 11.2. The van der Waals surface area contributed by atoms with Gasteiger partial charge in [-0.25, -0.2) is 4.98 Å². The Kier molecular flexibility index (Phi) is 8.11. The van der Waals surface area contributed by atoms with Gasteiger partial charge in [-0.2, -0.15) is 0 Å². The van der Waals surface area contributed by atoms with Gasteiger partial charge in [0.2, 0.25) is 5.91 Å². The lowest BCUT2D eigenvalue weighted by atomic mass is 10.2. The van der Waals surface area contributed by atoms with E-state index in [0.717, 1.165) is 62.3 Å². The van der Waals surface area contributed by atoms with E-state index in [1.54, 1.807) is 0 Å². The molecule has 0 spiro atoms. The Labute approximate surface area is 173 Å². The van der Waals surface area contributed by atoms with E-state index in [9.17, 15) is 4.79 Å². The summed E-state index contributed by atoms with van der Waals surface area (Å²) in [6.07, 6.45) is 5.28. The fourth-order valence-electron chi connectivity index (χ4n) is 3.43. The molecule has 0 fully saturated rings. The van der Waals surface area contributed by atoms with Crippen molar-refractivity contribution in [2.75, 3.05) is 13.2 Å². The molecule has 3 aromatic rings. The molecule has 29 heavy (non-hydrogen) atoms. The molecule has 1 N–H and O–H groups in total. The molecule has 0 saturated carbocycles. The molecule has 1 aromatic heterocycles. The number of amides is 1. The van der Waals surface area contributed by atoms with E-state index in [1.165, 1.54) is 5.52 Å². The van der Waals surface area contributed by atoms with Crippen LogP contribution >= 0.6 is 0 Å². The number of nitrogens with one attached hydrogen (secondary N) is 1. The molecular formula is C24H31N3O2. The quantitative estimate of drug-likeness (QED) is 0.452. The van der Waals surface area contributed by atoms with Crippen molar-refractivity contribution in [2.45, 2.75) is 52.0 Å². The normalized spacial score (nSPS) is 10.9. The maximum Gasteiger partial charge on any atom is 0.219 e. The second-order valence-corrected chi connectivity index (χ2v) is 7.24. The van der Waals surface area contributed by atoms with Crippen LogP contribution in [-0.2, 0) is 17.8 Å². The molecule has 0 atom stereocenters. The van der Waals surface area contributed by atoms with Crippen molar-refractivity contribution in [2.24, 2.45) is 0 Å². The van der Waals surface area contributed by atoms with Crippen LogP contribution in [0.4, 0.5) is 0 Å². The number of nitrogens with zero attached hydrogens (tertiary/aromatic N) is 2. The van der Waals surface area contributed by atoms with Crippen LogP contribution in [0.25, 0.3) is 11.0 Å². The fourth-order valence-corrected chi connectivity index (χ4v) is 3.43. The molecule has 5 nitrogen and oxygen atoms in total. The number of hydrogen-bond donors (Lipinski definition) is 1. The van der Waals surface area contributed by atoms with Gasteiger partial charge in [0.15, 0.2) is 0 Å². The number of aryl methyl sites for hydroxylation is 2. The maximum absolute atomic E-state index is 11.6. The maximum atomic E-state index is 11.6. The molecule has 2 aromatic carbocycles. The smallest absolute Gasteiger partial charge is 0.219 e. The Morgan fingerprint density at radius 1 is 1.03 bits per heavy atom. The summed E-state index contributed by atoms with van der Waals surface area (Å²) in [6, 6.07) is 18.2. The SMILES string of the molecule is CCCC(=O)NCCCc1nc2ccccc2n1CCCCOc1ccccc1. The van der Waals surface area contributed by atoms with E-state index < -0.39 is 0 Å². The molecule has 0 saturated heterocycles. The van der Waals surface area contributed by atoms with Crippen molar-refractivity contribution in [1.29, 1.82) is 0 Å². The third-order valence-electron chi connectivity index (χ3n) is 4.90. The number of hydrogen-bond acceptors (Lipinski definition) is 3. The number of unbranched alkanes of at least 4 members (excludes halogenated alkanes) is 1. The largest absolute Gasteiger partial charge is 0.494 e. The molecule has 5 heteroatoms. The summed E-state index contributed by atoms with van der Waals surface area (Å²) >= 11 is 0. The van der Waals surface area contributed by atoms with E-state index in [0.29, 0.717) is 13.0 Å². The minimum Gasteiger partial charge on any atom is -0.494 e. The summed E-state index contributed by atoms with van der Waals surface area (Å²) in [4.78, 5) is 16.5. The minimum absolute atomic E-state index is 0.138. The van der Waals surface area contributed by atoms with Crippen LogP contribution in [0, 0.1) is 0 Å². The molecule has 0 radical (unpaired) electrons. The van der Waals surface area contributed by atoms with Gasteiger partial charge in [0, 0.05) is 25.9 Å². The molecule has 0 bridgehead atoms. The Morgan fingerprint density at radius 3 is 2.66 bits per heavy atom. The zero-order valence-electron chi connectivity index (χ0n) is 17.3. The van der Waals surface area contributed by atoms with Crippen LogP contribution < -0.4 is 10.1 Å². The number of benzene rings is 2. The van der Waals surface area contributed by atoms with Crippen molar-refractivity contribution in [3.05, 3.63) is 60.4 Å². The van der Waals surface area contributed by atoms with Crippen LogP contribution in [0.15, 0.2) is 54.6 Å². The van der Waals surface area contributed by atoms with E-state index in [2.05, 4.69) is 28.1 Å². The molecule has 0 unspecified atom stereocenters. The van der Waals surface area contributed by atoms with Crippen molar-refractivity contribution >= 4 is 16.9 Å². The highest BCUT2D eigenvalue weighted by atomic mass is 16.5. The zero-order chi connectivity index (χ0) is 20.3. The fraction of sp³-hybridized carbons (Fsp3) is 0.417. The Balaban J connectivity index is 1.51. The van der Waals surface area contributed by atoms with Crippen molar-refractivity contribution in [3.63, 3.8) is 0 Å². The van der Waals surface area contributed by atoms with Gasteiger partial charge in [0.05, 0.1) is 17.6 Å². The predicted molar refractivity (Wildman–Crippen MR) is 117 cm³/mol. The zero-order valence-corrected chi connectivity index (χ0v) is 17.3. The van der Waals surface area contributed by atoms with Gasteiger partial charge in [-0.3, -0.25) is 4.79 Å². The second-order valence-electron chi connectivity index (χ2n) is 7.24. The molecule has 0 aliphatic heterocycles. The first-order valence-corrected chi connectivity index (χ1v) is 10.7. The molecular weight excluding hydrogens is 362 g/mol. The Morgan fingerprint density at radius 2 is 1.83 bits per heavy atom. The molecule has 3 rings (SSSR count). The lowest BCUT2D eigenvalue weighted by Crippen LogP contribution is -2.24. The van der Waals surface area contributed by atoms with E-state index >= 15 is 0 Å². The number of para-hydroxylation sites is 3. The number of carbonyl (C=O) groups excluding carboxylic acids is 1. The van der Waals surface area contributed by atoms with Crippen LogP contribution in [-0.4, -0.2) is 28.6 Å². The van der Waals surface area contributed by atoms with Gasteiger partial charge in [0.25, 0.3) is 0 Å². The number of imidazole rings is 1. The summed E-state index contributed by atoms with van der Waals surface area (Å²) in [6.45, 7) is 4.37. The highest BCUT2D eigenvalue weighted by molar-refractivity contribution is 5.76. The highest BCUT2D eigenvalue weighted by Crippen LogP contribution is 2.18. The van der Waals surface area contributed by atoms with E-state index in [1.807, 2.05) is 43.3 Å². The van der Waals surface area contributed by atoms with E-state index in [4.69, 9.17) is 9.72 Å². The average molecular weight is 394 g/mol. The summed E-state index contributed by atoms with van der Waals surface area (Å²) < 4.78 is 8.12. The number of rotatable bonds is 12. The number of carbonyl (C=O) groups is 1. The highest BCUT2D eigenvalue weighted by Gasteiger charge is 2.10. The first-order chi connectivity index (χ1) is 14.3. The van der Waals surface area contributed by atoms with Gasteiger partial charge in [0.1, 0.15) is 11.6 Å². The van der Waals surface area contributed by atoms with Gasteiger partial charge in [-0.05, 0) is 49.9 Å². The minimum atomic E-state index is 0.138. The van der Waals surface area contributed by atoms with E-state index in [-0.39, 0.29) is 5.91 Å². The molecule has 1 amide bonds. The van der Waals surface area contributed by atoms with Crippen LogP contribution in [0.2, 0.25) is 0 Å². The number of aromatic nitrogens is 2. The summed E-state index contributed by atoms with van der Waals surface area (Å²) in [5.74, 6) is 2.16. The van der Waals surface area contributed by atoms with Crippen molar-refractivity contribution in [3.8, 4) is 5.75 Å². The number of ether oxygens (including phenoxy) is 1. The average Bonchev–Trinajstić information content (AvgIpc) is 3.09. The Hall–Kier alpha value is -2.82. The molecule has 154 valence electrons. The topological polar surface area (TPSA) is 56.2 Å². The summed E-state index contributed by atoms with van der Waals surface area (Å²) in [5.41, 5.74) is 2.22. The first kappa shape index (κ1) is 20.9. The Bertz CT molecular complexity index is 890. The lowest BCUT2D eigenvalue weighted by Gasteiger charge is -2.10. The lowest BCUT2D eigenvalue weighted by molar-refractivity contribution is -0.121. The summed E-state index contributed by atoms with van der Waals surface area (Å²) in [5, 5.41) is 2.99. The third kappa shape index (κ3) is 6.34. The van der Waals surface area contributed by atoms with Gasteiger partial charge in [-0.15, -0.1) is 0 Å². The van der Waals surface area contributed by atoms with Gasteiger partial charge in [-0.1, -0.05) is 37.3 Å². The number of fused-ring (bicyclic) bond motifs is 1. The van der Waals surface area contributed by atoms with Crippen LogP contribution in [0.1, 0.15) is 44.9 Å². The standard InChI is InChI=1S/C24H31N3O2/c1-2-11-24(28)25-17-10-16-23-26-21-14-6-7-15-22(21)27(23)18-8-9-19-29-20-12-4-3-5-13-20/h3-7,12-15H,2,8-11,16-19H2,1H3,(H,25,28). The first-order valence-electron chi connectivity index (χ1n) is 10.7. The predicted octanol–water partition coefficient (Wildman–Crippen LogP) is 4.74. The van der Waals surface area contributed by atoms with Crippen LogP contribution in [0.5, 0.6) is 5.75 Å². The van der Waals surface area contributed by atoms with Gasteiger partial charge >= 0.3 is 0 Å². The third-order valence-corrected chi connectivity index (χ3v) is 4.90. The van der Waals surface area contributed by atoms with Crippen LogP contribution in [0.3, 0.4) is 0 Å². The van der Waals surface area contributed by atoms with Crippen molar-refractivity contribution in [1.82, 2.24) is 14.9 Å². The van der Waals surface area contributed by atoms with Crippen molar-refractivity contribution < 1.29 is 9.53 Å². The molecule has 0 aliphatic rings. The molecule has 0 aliphatic carbocycles. The molecule has 1 heterocycles. The monoisotopic (exact) mass is 393 g/mol.